The normalized spacial score (nSPS) is 22.5. The van der Waals surface area contributed by atoms with Gasteiger partial charge in [0.1, 0.15) is 17.5 Å². The summed E-state index contributed by atoms with van der Waals surface area (Å²) in [6, 6.07) is 5.13. The molecule has 3 atom stereocenters. The van der Waals surface area contributed by atoms with Crippen molar-refractivity contribution >= 4 is 29.2 Å². The van der Waals surface area contributed by atoms with Crippen LogP contribution in [0.4, 0.5) is 32.0 Å². The molecule has 0 aliphatic carbocycles. The molecule has 190 valence electrons. The first kappa shape index (κ1) is 26.5. The van der Waals surface area contributed by atoms with Crippen LogP contribution in [0.2, 0.25) is 5.02 Å². The van der Waals surface area contributed by atoms with Crippen molar-refractivity contribution in [3.8, 4) is 5.75 Å². The fourth-order valence-electron chi connectivity index (χ4n) is 3.57. The topological polar surface area (TPSA) is 86.8 Å². The van der Waals surface area contributed by atoms with E-state index in [1.54, 1.807) is 0 Å². The van der Waals surface area contributed by atoms with Gasteiger partial charge in [-0.05, 0) is 43.2 Å². The molecule has 1 amide bonds. The molecule has 35 heavy (non-hydrogen) atoms. The number of esters is 1. The first-order valence-electron chi connectivity index (χ1n) is 9.78. The predicted molar refractivity (Wildman–Crippen MR) is 109 cm³/mol. The molecule has 1 aromatic heterocycles. The molecular weight excluding hydrogens is 510 g/mol. The van der Waals surface area contributed by atoms with E-state index in [9.17, 15) is 35.9 Å². The monoisotopic (exact) mass is 526 g/mol. The van der Waals surface area contributed by atoms with Crippen LogP contribution in [0.25, 0.3) is 0 Å². The van der Waals surface area contributed by atoms with Crippen LogP contribution in [0.5, 0.6) is 5.75 Å². The highest BCUT2D eigenvalue weighted by Gasteiger charge is 2.61. The van der Waals surface area contributed by atoms with Crippen molar-refractivity contribution in [2.75, 3.05) is 12.4 Å². The molecule has 0 bridgehead atoms. The maximum atomic E-state index is 13.7. The van der Waals surface area contributed by atoms with Crippen molar-refractivity contribution in [1.29, 1.82) is 0 Å². The van der Waals surface area contributed by atoms with Crippen molar-refractivity contribution in [2.24, 2.45) is 0 Å². The highest BCUT2D eigenvalue weighted by Crippen LogP contribution is 2.51. The van der Waals surface area contributed by atoms with Gasteiger partial charge in [-0.15, -0.1) is 13.2 Å². The number of hydrogen-bond donors (Lipinski definition) is 1. The van der Waals surface area contributed by atoms with E-state index in [-0.39, 0.29) is 22.0 Å². The number of amides is 1. The van der Waals surface area contributed by atoms with Crippen molar-refractivity contribution < 1.29 is 50.1 Å². The number of anilines is 1. The lowest BCUT2D eigenvalue weighted by atomic mass is 9.86. The van der Waals surface area contributed by atoms with E-state index in [4.69, 9.17) is 16.3 Å². The molecule has 1 N–H and O–H groups in total. The van der Waals surface area contributed by atoms with Crippen molar-refractivity contribution in [3.05, 3.63) is 52.8 Å². The van der Waals surface area contributed by atoms with Crippen LogP contribution in [-0.2, 0) is 14.3 Å². The Kier molecular flexibility index (Phi) is 7.23. The summed E-state index contributed by atoms with van der Waals surface area (Å²) in [4.78, 5) is 28.4. The third-order valence-corrected chi connectivity index (χ3v) is 5.57. The largest absolute Gasteiger partial charge is 0.573 e. The Hall–Kier alpha value is -3.06. The Labute approximate surface area is 199 Å². The molecule has 1 saturated heterocycles. The Bertz CT molecular complexity index is 1130. The molecule has 14 heteroatoms. The maximum Gasteiger partial charge on any atom is 0.573 e. The van der Waals surface area contributed by atoms with Crippen molar-refractivity contribution in [1.82, 2.24) is 4.98 Å². The first-order chi connectivity index (χ1) is 16.1. The highest BCUT2D eigenvalue weighted by atomic mass is 35.5. The lowest BCUT2D eigenvalue weighted by Gasteiger charge is -2.27. The minimum absolute atomic E-state index is 0.0217. The van der Waals surface area contributed by atoms with Gasteiger partial charge in [-0.3, -0.25) is 4.79 Å². The molecule has 3 rings (SSSR count). The van der Waals surface area contributed by atoms with Gasteiger partial charge >= 0.3 is 18.5 Å². The Morgan fingerprint density at radius 1 is 1.17 bits per heavy atom. The van der Waals surface area contributed by atoms with Gasteiger partial charge in [0.25, 0.3) is 5.91 Å². The molecule has 1 aromatic carbocycles. The van der Waals surface area contributed by atoms with Crippen LogP contribution in [0.3, 0.4) is 0 Å². The summed E-state index contributed by atoms with van der Waals surface area (Å²) in [5.74, 6) is -3.78. The van der Waals surface area contributed by atoms with E-state index in [0.717, 1.165) is 38.3 Å². The standard InChI is InChI=1S/C21H17ClF6N2O5/c1-19(20(23,24)25)9-13(12-4-3-11(8-14(12)22)34-21(26,27)28)16(35-19)17(31)30-10-5-6-29-15(7-10)18(32)33-2/h3-8,13,16H,9H2,1-2H3,(H,29,30,31)/t13-,16+,19+/m0/s1. The van der Waals surface area contributed by atoms with E-state index >= 15 is 0 Å². The van der Waals surface area contributed by atoms with Gasteiger partial charge in [0, 0.05) is 22.8 Å². The van der Waals surface area contributed by atoms with E-state index < -0.39 is 54.2 Å². The first-order valence-corrected chi connectivity index (χ1v) is 10.2. The van der Waals surface area contributed by atoms with Crippen LogP contribution in [-0.4, -0.2) is 48.2 Å². The molecule has 0 radical (unpaired) electrons. The lowest BCUT2D eigenvalue weighted by molar-refractivity contribution is -0.274. The number of nitrogens with zero attached hydrogens (tertiary/aromatic N) is 1. The van der Waals surface area contributed by atoms with Crippen LogP contribution >= 0.6 is 11.6 Å². The molecule has 2 heterocycles. The maximum absolute atomic E-state index is 13.7. The molecule has 1 aliphatic heterocycles. The number of pyridine rings is 1. The Balaban J connectivity index is 1.94. The average molecular weight is 527 g/mol. The summed E-state index contributed by atoms with van der Waals surface area (Å²) in [7, 11) is 1.11. The summed E-state index contributed by atoms with van der Waals surface area (Å²) in [6.45, 7) is 0.754. The SMILES string of the molecule is COC(=O)c1cc(NC(=O)[C@@H]2O[C@@](C)(C(F)(F)F)C[C@H]2c2ccc(OC(F)(F)F)cc2Cl)ccn1. The summed E-state index contributed by atoms with van der Waals surface area (Å²) in [5, 5.41) is 2.01. The second kappa shape index (κ2) is 9.53. The number of aromatic nitrogens is 1. The number of nitrogens with one attached hydrogen (secondary N) is 1. The number of carbonyl (C=O) groups is 2. The van der Waals surface area contributed by atoms with Gasteiger partial charge < -0.3 is 19.5 Å². The molecule has 1 aliphatic rings. The zero-order valence-corrected chi connectivity index (χ0v) is 18.7. The molecule has 7 nitrogen and oxygen atoms in total. The number of carbonyl (C=O) groups excluding carboxylic acids is 2. The van der Waals surface area contributed by atoms with Crippen molar-refractivity contribution in [3.63, 3.8) is 0 Å². The third kappa shape index (κ3) is 5.96. The lowest BCUT2D eigenvalue weighted by Crippen LogP contribution is -2.43. The molecule has 0 saturated carbocycles. The number of benzene rings is 1. The smallest absolute Gasteiger partial charge is 0.464 e. The fourth-order valence-corrected chi connectivity index (χ4v) is 3.88. The zero-order chi connectivity index (χ0) is 26.2. The molecule has 0 spiro atoms. The number of rotatable bonds is 5. The summed E-state index contributed by atoms with van der Waals surface area (Å²) in [6.07, 6.45) is -11.2. The van der Waals surface area contributed by atoms with E-state index in [1.165, 1.54) is 12.3 Å². The quantitative estimate of drug-likeness (QED) is 0.423. The van der Waals surface area contributed by atoms with Crippen LogP contribution in [0.1, 0.15) is 35.3 Å². The number of ether oxygens (including phenoxy) is 3. The van der Waals surface area contributed by atoms with Crippen LogP contribution in [0, 0.1) is 0 Å². The number of methoxy groups -OCH3 is 1. The Morgan fingerprint density at radius 2 is 1.86 bits per heavy atom. The summed E-state index contributed by atoms with van der Waals surface area (Å²) in [5.41, 5.74) is -2.94. The second-order valence-corrected chi connectivity index (χ2v) is 8.13. The number of hydrogen-bond acceptors (Lipinski definition) is 6. The molecular formula is C21H17ClF6N2O5. The number of alkyl halides is 6. The van der Waals surface area contributed by atoms with Gasteiger partial charge in [0.2, 0.25) is 0 Å². The van der Waals surface area contributed by atoms with Gasteiger partial charge in [0.05, 0.1) is 7.11 Å². The average Bonchev–Trinajstić information content (AvgIpc) is 3.11. The number of halogens is 7. The van der Waals surface area contributed by atoms with Crippen molar-refractivity contribution in [2.45, 2.75) is 43.5 Å². The van der Waals surface area contributed by atoms with Gasteiger partial charge in [-0.25, -0.2) is 9.78 Å². The summed E-state index contributed by atoms with van der Waals surface area (Å²) >= 11 is 6.07. The minimum atomic E-state index is -5.01. The minimum Gasteiger partial charge on any atom is -0.464 e. The highest BCUT2D eigenvalue weighted by molar-refractivity contribution is 6.31. The second-order valence-electron chi connectivity index (χ2n) is 7.72. The zero-order valence-electron chi connectivity index (χ0n) is 18.0. The molecule has 1 fully saturated rings. The van der Waals surface area contributed by atoms with E-state index in [2.05, 4.69) is 19.8 Å². The van der Waals surface area contributed by atoms with E-state index in [1.807, 2.05) is 0 Å². The van der Waals surface area contributed by atoms with Crippen LogP contribution in [0.15, 0.2) is 36.5 Å². The Morgan fingerprint density at radius 3 is 2.43 bits per heavy atom. The van der Waals surface area contributed by atoms with Gasteiger partial charge in [-0.2, -0.15) is 13.2 Å². The third-order valence-electron chi connectivity index (χ3n) is 5.25. The fraction of sp³-hybridized carbons (Fsp3) is 0.381. The van der Waals surface area contributed by atoms with Gasteiger partial charge in [-0.1, -0.05) is 17.7 Å². The van der Waals surface area contributed by atoms with E-state index in [0.29, 0.717) is 0 Å². The predicted octanol–water partition coefficient (Wildman–Crippen LogP) is 5.25. The summed E-state index contributed by atoms with van der Waals surface area (Å²) < 4.78 is 92.1. The van der Waals surface area contributed by atoms with Gasteiger partial charge in [0.15, 0.2) is 5.60 Å². The van der Waals surface area contributed by atoms with Crippen LogP contribution < -0.4 is 10.1 Å². The molecule has 0 unspecified atom stereocenters. The molecule has 2 aromatic rings.